The molecule has 2 aromatic rings. The number of benzene rings is 2. The first-order valence-electron chi connectivity index (χ1n) is 7.91. The molecule has 0 aromatic heterocycles. The Morgan fingerprint density at radius 1 is 1.04 bits per heavy atom. The molecule has 0 N–H and O–H groups in total. The summed E-state index contributed by atoms with van der Waals surface area (Å²) in [5, 5.41) is 0. The summed E-state index contributed by atoms with van der Waals surface area (Å²) in [6.45, 7) is 0.861. The minimum atomic E-state index is -4.33. The van der Waals surface area contributed by atoms with Crippen molar-refractivity contribution in [1.29, 1.82) is 0 Å². The third kappa shape index (κ3) is 3.56. The highest BCUT2D eigenvalue weighted by atomic mass is 19.4. The Morgan fingerprint density at radius 2 is 1.71 bits per heavy atom. The molecule has 0 spiro atoms. The van der Waals surface area contributed by atoms with Crippen LogP contribution < -0.4 is 4.74 Å². The highest BCUT2D eigenvalue weighted by molar-refractivity contribution is 5.37. The lowest BCUT2D eigenvalue weighted by Crippen LogP contribution is -2.27. The van der Waals surface area contributed by atoms with Gasteiger partial charge < -0.3 is 9.64 Å². The zero-order chi connectivity index (χ0) is 17.3. The second kappa shape index (κ2) is 6.48. The number of ether oxygens (including phenoxy) is 1. The van der Waals surface area contributed by atoms with Gasteiger partial charge in [-0.15, -0.1) is 0 Å². The van der Waals surface area contributed by atoms with Crippen LogP contribution in [0, 0.1) is 5.92 Å². The van der Waals surface area contributed by atoms with Crippen LogP contribution in [-0.2, 0) is 12.6 Å². The van der Waals surface area contributed by atoms with Gasteiger partial charge in [0.2, 0.25) is 0 Å². The van der Waals surface area contributed by atoms with Crippen molar-refractivity contribution >= 4 is 0 Å². The molecular formula is C19H20F3NO. The molecule has 0 heterocycles. The molecule has 0 aliphatic heterocycles. The minimum Gasteiger partial charge on any atom is -0.485 e. The first-order valence-corrected chi connectivity index (χ1v) is 7.91. The van der Waals surface area contributed by atoms with E-state index in [1.165, 1.54) is 17.7 Å². The van der Waals surface area contributed by atoms with E-state index >= 15 is 0 Å². The van der Waals surface area contributed by atoms with E-state index < -0.39 is 11.7 Å². The molecule has 1 aliphatic carbocycles. The van der Waals surface area contributed by atoms with Crippen LogP contribution in [0.4, 0.5) is 13.2 Å². The molecule has 2 aromatic carbocycles. The molecular weight excluding hydrogens is 315 g/mol. The van der Waals surface area contributed by atoms with E-state index in [0.717, 1.165) is 30.7 Å². The summed E-state index contributed by atoms with van der Waals surface area (Å²) in [6.07, 6.45) is -3.55. The Kier molecular flexibility index (Phi) is 4.54. The lowest BCUT2D eigenvalue weighted by molar-refractivity contribution is -0.137. The molecule has 2 unspecified atom stereocenters. The maximum Gasteiger partial charge on any atom is 0.416 e. The molecule has 0 amide bonds. The van der Waals surface area contributed by atoms with Gasteiger partial charge in [-0.25, -0.2) is 0 Å². The summed E-state index contributed by atoms with van der Waals surface area (Å²) in [7, 11) is 4.02. The zero-order valence-corrected chi connectivity index (χ0v) is 13.7. The van der Waals surface area contributed by atoms with Gasteiger partial charge in [0, 0.05) is 12.5 Å². The van der Waals surface area contributed by atoms with Crippen LogP contribution in [0.2, 0.25) is 0 Å². The van der Waals surface area contributed by atoms with Crippen molar-refractivity contribution in [2.75, 3.05) is 20.6 Å². The number of halogens is 3. The van der Waals surface area contributed by atoms with Crippen molar-refractivity contribution in [3.05, 3.63) is 65.2 Å². The number of hydrogen-bond acceptors (Lipinski definition) is 2. The molecule has 1 aliphatic rings. The van der Waals surface area contributed by atoms with Gasteiger partial charge in [0.05, 0.1) is 5.56 Å². The molecule has 0 fully saturated rings. The Hall–Kier alpha value is -2.01. The van der Waals surface area contributed by atoms with Gasteiger partial charge in [0.15, 0.2) is 0 Å². The van der Waals surface area contributed by atoms with E-state index in [1.807, 2.05) is 32.3 Å². The molecule has 2 atom stereocenters. The maximum absolute atomic E-state index is 12.7. The number of alkyl halides is 3. The van der Waals surface area contributed by atoms with Crippen LogP contribution >= 0.6 is 0 Å². The van der Waals surface area contributed by atoms with Crippen LogP contribution in [0.25, 0.3) is 0 Å². The van der Waals surface area contributed by atoms with E-state index in [2.05, 4.69) is 11.0 Å². The normalized spacial score (nSPS) is 20.2. The molecule has 0 radical (unpaired) electrons. The average molecular weight is 335 g/mol. The van der Waals surface area contributed by atoms with Crippen molar-refractivity contribution < 1.29 is 17.9 Å². The Labute approximate surface area is 139 Å². The summed E-state index contributed by atoms with van der Waals surface area (Å²) < 4.78 is 44.1. The number of rotatable bonds is 4. The standard InChI is InChI=1S/C19H20F3NO/c1-23(2)12-14-11-13-5-3-4-6-17(13)18(14)24-16-9-7-15(8-10-16)19(20,21)22/h3-10,14,18H,11-12H2,1-2H3. The highest BCUT2D eigenvalue weighted by Crippen LogP contribution is 2.40. The molecule has 0 bridgehead atoms. The van der Waals surface area contributed by atoms with Gasteiger partial charge in [0.25, 0.3) is 0 Å². The van der Waals surface area contributed by atoms with Crippen LogP contribution in [0.1, 0.15) is 22.8 Å². The molecule has 0 saturated carbocycles. The minimum absolute atomic E-state index is 0.139. The Balaban J connectivity index is 1.83. The molecule has 2 nitrogen and oxygen atoms in total. The van der Waals surface area contributed by atoms with E-state index in [-0.39, 0.29) is 12.0 Å². The topological polar surface area (TPSA) is 12.5 Å². The van der Waals surface area contributed by atoms with Gasteiger partial charge in [-0.3, -0.25) is 0 Å². The molecule has 128 valence electrons. The molecule has 3 rings (SSSR count). The van der Waals surface area contributed by atoms with Crippen molar-refractivity contribution in [2.24, 2.45) is 5.92 Å². The fourth-order valence-corrected chi connectivity index (χ4v) is 3.30. The highest BCUT2D eigenvalue weighted by Gasteiger charge is 2.35. The smallest absolute Gasteiger partial charge is 0.416 e. The van der Waals surface area contributed by atoms with Gasteiger partial charge in [0.1, 0.15) is 11.9 Å². The second-order valence-electron chi connectivity index (χ2n) is 6.49. The number of fused-ring (bicyclic) bond motifs is 1. The average Bonchev–Trinajstić information content (AvgIpc) is 2.84. The summed E-state index contributed by atoms with van der Waals surface area (Å²) in [5.74, 6) is 0.744. The summed E-state index contributed by atoms with van der Waals surface area (Å²) in [5.41, 5.74) is 1.72. The predicted octanol–water partition coefficient (Wildman–Crippen LogP) is 4.56. The quantitative estimate of drug-likeness (QED) is 0.812. The number of hydrogen-bond donors (Lipinski definition) is 0. The largest absolute Gasteiger partial charge is 0.485 e. The monoisotopic (exact) mass is 335 g/mol. The maximum atomic E-state index is 12.7. The SMILES string of the molecule is CN(C)CC1Cc2ccccc2C1Oc1ccc(C(F)(F)F)cc1. The molecule has 0 saturated heterocycles. The summed E-state index contributed by atoms with van der Waals surface area (Å²) in [4.78, 5) is 2.11. The van der Waals surface area contributed by atoms with Gasteiger partial charge in [-0.05, 0) is 55.9 Å². The first kappa shape index (κ1) is 16.8. The lowest BCUT2D eigenvalue weighted by atomic mass is 10.0. The summed E-state index contributed by atoms with van der Waals surface area (Å²) >= 11 is 0. The summed E-state index contributed by atoms with van der Waals surface area (Å²) in [6, 6.07) is 13.0. The van der Waals surface area contributed by atoms with E-state index in [0.29, 0.717) is 5.75 Å². The number of nitrogens with zero attached hydrogens (tertiary/aromatic N) is 1. The Bertz CT molecular complexity index is 695. The van der Waals surface area contributed by atoms with Gasteiger partial charge in [-0.1, -0.05) is 24.3 Å². The fourth-order valence-electron chi connectivity index (χ4n) is 3.30. The zero-order valence-electron chi connectivity index (χ0n) is 13.7. The van der Waals surface area contributed by atoms with Crippen LogP contribution in [0.15, 0.2) is 48.5 Å². The van der Waals surface area contributed by atoms with Crippen molar-refractivity contribution in [1.82, 2.24) is 4.90 Å². The van der Waals surface area contributed by atoms with Crippen LogP contribution in [-0.4, -0.2) is 25.5 Å². The van der Waals surface area contributed by atoms with Gasteiger partial charge in [-0.2, -0.15) is 13.2 Å². The van der Waals surface area contributed by atoms with Crippen molar-refractivity contribution in [3.8, 4) is 5.75 Å². The van der Waals surface area contributed by atoms with Crippen LogP contribution in [0.3, 0.4) is 0 Å². The Morgan fingerprint density at radius 3 is 2.33 bits per heavy atom. The van der Waals surface area contributed by atoms with Crippen molar-refractivity contribution in [2.45, 2.75) is 18.7 Å². The molecule has 5 heteroatoms. The van der Waals surface area contributed by atoms with Crippen LogP contribution in [0.5, 0.6) is 5.75 Å². The fraction of sp³-hybridized carbons (Fsp3) is 0.368. The van der Waals surface area contributed by atoms with Gasteiger partial charge >= 0.3 is 6.18 Å². The van der Waals surface area contributed by atoms with Crippen molar-refractivity contribution in [3.63, 3.8) is 0 Å². The van der Waals surface area contributed by atoms with E-state index in [4.69, 9.17) is 4.74 Å². The van der Waals surface area contributed by atoms with E-state index in [1.54, 1.807) is 0 Å². The molecule has 24 heavy (non-hydrogen) atoms. The first-order chi connectivity index (χ1) is 11.3. The van der Waals surface area contributed by atoms with E-state index in [9.17, 15) is 13.2 Å². The second-order valence-corrected chi connectivity index (χ2v) is 6.49. The predicted molar refractivity (Wildman–Crippen MR) is 87.0 cm³/mol. The third-order valence-electron chi connectivity index (χ3n) is 4.32. The lowest BCUT2D eigenvalue weighted by Gasteiger charge is -2.25. The third-order valence-corrected chi connectivity index (χ3v) is 4.32.